The first-order chi connectivity index (χ1) is 14.9. The van der Waals surface area contributed by atoms with Crippen molar-refractivity contribution in [2.45, 2.75) is 33.1 Å². The summed E-state index contributed by atoms with van der Waals surface area (Å²) in [5, 5.41) is 5.08. The monoisotopic (exact) mass is 417 g/mol. The molecule has 0 bridgehead atoms. The fraction of sp³-hybridized carbons (Fsp3) is 0.292. The summed E-state index contributed by atoms with van der Waals surface area (Å²) >= 11 is 0. The normalized spacial score (nSPS) is 16.5. The van der Waals surface area contributed by atoms with Crippen molar-refractivity contribution in [1.29, 1.82) is 0 Å². The first-order valence-electron chi connectivity index (χ1n) is 10.2. The Morgan fingerprint density at radius 1 is 1.10 bits per heavy atom. The molecule has 1 fully saturated rings. The van der Waals surface area contributed by atoms with Crippen molar-refractivity contribution in [2.24, 2.45) is 0 Å². The zero-order valence-corrected chi connectivity index (χ0v) is 17.9. The van der Waals surface area contributed by atoms with Crippen molar-refractivity contribution in [3.8, 4) is 17.3 Å². The van der Waals surface area contributed by atoms with Gasteiger partial charge in [-0.2, -0.15) is 4.98 Å². The number of aromatic nitrogens is 2. The number of carbonyl (C=O) groups excluding carboxylic acids is 1. The highest BCUT2D eigenvalue weighted by molar-refractivity contribution is 5.96. The summed E-state index contributed by atoms with van der Waals surface area (Å²) < 4.78 is 16.8. The van der Waals surface area contributed by atoms with E-state index in [4.69, 9.17) is 13.7 Å². The first kappa shape index (κ1) is 19.4. The summed E-state index contributed by atoms with van der Waals surface area (Å²) in [6, 6.07) is 11.7. The molecular weight excluding hydrogens is 394 g/mol. The number of anilines is 1. The summed E-state index contributed by atoms with van der Waals surface area (Å²) in [7, 11) is 1.63. The van der Waals surface area contributed by atoms with Crippen LogP contribution in [0.5, 0.6) is 5.75 Å². The number of methoxy groups -OCH3 is 1. The number of benzene rings is 2. The van der Waals surface area contributed by atoms with Gasteiger partial charge in [-0.25, -0.2) is 0 Å². The zero-order chi connectivity index (χ0) is 21.7. The number of hydrogen-bond acceptors (Lipinski definition) is 6. The Bertz CT molecular complexity index is 1300. The van der Waals surface area contributed by atoms with Crippen LogP contribution in [0.25, 0.3) is 22.6 Å². The van der Waals surface area contributed by atoms with Crippen LogP contribution < -0.4 is 9.64 Å². The van der Waals surface area contributed by atoms with E-state index in [1.54, 1.807) is 12.0 Å². The van der Waals surface area contributed by atoms with Crippen LogP contribution in [0, 0.1) is 20.8 Å². The van der Waals surface area contributed by atoms with Crippen molar-refractivity contribution < 1.29 is 18.5 Å². The van der Waals surface area contributed by atoms with Gasteiger partial charge in [0, 0.05) is 29.6 Å². The van der Waals surface area contributed by atoms with Crippen molar-refractivity contribution in [2.75, 3.05) is 18.6 Å². The number of furan rings is 1. The Balaban J connectivity index is 1.42. The van der Waals surface area contributed by atoms with Gasteiger partial charge in [-0.3, -0.25) is 4.79 Å². The molecule has 1 aliphatic heterocycles. The Morgan fingerprint density at radius 2 is 1.94 bits per heavy atom. The topological polar surface area (TPSA) is 81.6 Å². The van der Waals surface area contributed by atoms with E-state index in [0.29, 0.717) is 30.4 Å². The van der Waals surface area contributed by atoms with Gasteiger partial charge in [-0.05, 0) is 62.2 Å². The molecule has 0 radical (unpaired) electrons. The Kier molecular flexibility index (Phi) is 4.54. The van der Waals surface area contributed by atoms with Crippen LogP contribution >= 0.6 is 0 Å². The van der Waals surface area contributed by atoms with E-state index in [1.807, 2.05) is 50.2 Å². The summed E-state index contributed by atoms with van der Waals surface area (Å²) in [5.74, 6) is 2.06. The first-order valence-corrected chi connectivity index (χ1v) is 10.2. The molecule has 4 aromatic rings. The van der Waals surface area contributed by atoms with Crippen LogP contribution in [0.3, 0.4) is 0 Å². The number of carbonyl (C=O) groups is 1. The van der Waals surface area contributed by atoms with E-state index in [-0.39, 0.29) is 11.8 Å². The third-order valence-corrected chi connectivity index (χ3v) is 6.06. The number of aryl methyl sites for hydroxylation is 3. The lowest BCUT2D eigenvalue weighted by atomic mass is 10.1. The van der Waals surface area contributed by atoms with Gasteiger partial charge in [0.1, 0.15) is 11.3 Å². The molecule has 1 atom stereocenters. The second kappa shape index (κ2) is 7.27. The Hall–Kier alpha value is -3.61. The standard InChI is InChI=1S/C24H23N3O4/c1-13-5-6-17(9-14(13)2)27-12-16(10-21(27)28)24-25-23(26-31-24)22-15(3)19-11-18(29-4)7-8-20(19)30-22/h5-9,11,16H,10,12H2,1-4H3/t16-/m1/s1. The third-order valence-electron chi connectivity index (χ3n) is 6.06. The van der Waals surface area contributed by atoms with Gasteiger partial charge in [0.05, 0.1) is 13.0 Å². The number of hydrogen-bond donors (Lipinski definition) is 0. The molecule has 7 nitrogen and oxygen atoms in total. The van der Waals surface area contributed by atoms with Crippen molar-refractivity contribution in [3.05, 3.63) is 59.0 Å². The summed E-state index contributed by atoms with van der Waals surface area (Å²) in [4.78, 5) is 19.0. The van der Waals surface area contributed by atoms with Crippen molar-refractivity contribution in [3.63, 3.8) is 0 Å². The van der Waals surface area contributed by atoms with E-state index in [2.05, 4.69) is 17.1 Å². The molecule has 1 saturated heterocycles. The third kappa shape index (κ3) is 3.26. The molecule has 2 aromatic carbocycles. The van der Waals surface area contributed by atoms with Crippen molar-refractivity contribution in [1.82, 2.24) is 10.1 Å². The second-order valence-electron chi connectivity index (χ2n) is 8.05. The van der Waals surface area contributed by atoms with Gasteiger partial charge in [0.15, 0.2) is 5.76 Å². The summed E-state index contributed by atoms with van der Waals surface area (Å²) in [6.45, 7) is 6.58. The highest BCUT2D eigenvalue weighted by Gasteiger charge is 2.35. The maximum atomic E-state index is 12.7. The van der Waals surface area contributed by atoms with Crippen LogP contribution in [0.2, 0.25) is 0 Å². The van der Waals surface area contributed by atoms with Crippen LogP contribution in [0.15, 0.2) is 45.3 Å². The van der Waals surface area contributed by atoms with Gasteiger partial charge in [-0.1, -0.05) is 11.2 Å². The summed E-state index contributed by atoms with van der Waals surface area (Å²) in [5.41, 5.74) is 4.91. The quantitative estimate of drug-likeness (QED) is 0.468. The molecule has 7 heteroatoms. The van der Waals surface area contributed by atoms with Crippen LogP contribution in [0.4, 0.5) is 5.69 Å². The predicted octanol–water partition coefficient (Wildman–Crippen LogP) is 4.94. The SMILES string of the molecule is COc1ccc2oc(-c3noc([C@@H]4CC(=O)N(c5ccc(C)c(C)c5)C4)n3)c(C)c2c1. The number of fused-ring (bicyclic) bond motifs is 1. The van der Waals surface area contributed by atoms with Gasteiger partial charge in [0.2, 0.25) is 17.6 Å². The number of rotatable bonds is 4. The average Bonchev–Trinajstić information content (AvgIpc) is 3.47. The molecule has 3 heterocycles. The van der Waals surface area contributed by atoms with Gasteiger partial charge >= 0.3 is 0 Å². The minimum atomic E-state index is -0.153. The second-order valence-corrected chi connectivity index (χ2v) is 8.05. The largest absolute Gasteiger partial charge is 0.497 e. The fourth-order valence-corrected chi connectivity index (χ4v) is 4.05. The Labute approximate surface area is 179 Å². The minimum Gasteiger partial charge on any atom is -0.497 e. The average molecular weight is 417 g/mol. The Morgan fingerprint density at radius 3 is 2.71 bits per heavy atom. The fourth-order valence-electron chi connectivity index (χ4n) is 4.05. The van der Waals surface area contributed by atoms with Gasteiger partial charge < -0.3 is 18.6 Å². The lowest BCUT2D eigenvalue weighted by Gasteiger charge is -2.17. The summed E-state index contributed by atoms with van der Waals surface area (Å²) in [6.07, 6.45) is 0.338. The van der Waals surface area contributed by atoms with E-state index in [0.717, 1.165) is 33.5 Å². The molecular formula is C24H23N3O4. The minimum absolute atomic E-state index is 0.0556. The van der Waals surface area contributed by atoms with Crippen LogP contribution in [-0.2, 0) is 4.79 Å². The molecule has 1 amide bonds. The molecule has 0 saturated carbocycles. The lowest BCUT2D eigenvalue weighted by Crippen LogP contribution is -2.24. The molecule has 5 rings (SSSR count). The molecule has 0 aliphatic carbocycles. The number of nitrogens with zero attached hydrogens (tertiary/aromatic N) is 3. The van der Waals surface area contributed by atoms with Gasteiger partial charge in [0.25, 0.3) is 0 Å². The predicted molar refractivity (Wildman–Crippen MR) is 116 cm³/mol. The van der Waals surface area contributed by atoms with E-state index in [1.165, 1.54) is 5.56 Å². The molecule has 1 aliphatic rings. The molecule has 158 valence electrons. The van der Waals surface area contributed by atoms with E-state index < -0.39 is 0 Å². The molecule has 31 heavy (non-hydrogen) atoms. The molecule has 0 spiro atoms. The smallest absolute Gasteiger partial charge is 0.238 e. The van der Waals surface area contributed by atoms with E-state index in [9.17, 15) is 4.79 Å². The lowest BCUT2D eigenvalue weighted by molar-refractivity contribution is -0.117. The molecule has 0 N–H and O–H groups in total. The van der Waals surface area contributed by atoms with E-state index >= 15 is 0 Å². The highest BCUT2D eigenvalue weighted by atomic mass is 16.5. The number of ether oxygens (including phenoxy) is 1. The van der Waals surface area contributed by atoms with Crippen LogP contribution in [-0.4, -0.2) is 29.7 Å². The zero-order valence-electron chi connectivity index (χ0n) is 17.9. The van der Waals surface area contributed by atoms with Gasteiger partial charge in [-0.15, -0.1) is 0 Å². The molecule has 2 aromatic heterocycles. The molecule has 0 unspecified atom stereocenters. The maximum absolute atomic E-state index is 12.7. The highest BCUT2D eigenvalue weighted by Crippen LogP contribution is 2.36. The van der Waals surface area contributed by atoms with Crippen molar-refractivity contribution >= 4 is 22.6 Å². The maximum Gasteiger partial charge on any atom is 0.238 e. The van der Waals surface area contributed by atoms with Crippen LogP contribution in [0.1, 0.15) is 34.9 Å². The number of amides is 1.